The topological polar surface area (TPSA) is 153 Å². The summed E-state index contributed by atoms with van der Waals surface area (Å²) < 4.78 is 21.3. The zero-order valence-corrected chi connectivity index (χ0v) is 23.4. The second-order valence-electron chi connectivity index (χ2n) is 8.64. The summed E-state index contributed by atoms with van der Waals surface area (Å²) in [5, 5.41) is 0. The van der Waals surface area contributed by atoms with Crippen molar-refractivity contribution in [2.24, 2.45) is 5.73 Å². The van der Waals surface area contributed by atoms with E-state index in [-0.39, 0.29) is 38.3 Å². The van der Waals surface area contributed by atoms with Crippen LogP contribution >= 0.6 is 11.3 Å². The van der Waals surface area contributed by atoms with Gasteiger partial charge in [0, 0.05) is 0 Å². The molecule has 0 unspecified atom stereocenters. The van der Waals surface area contributed by atoms with Crippen molar-refractivity contribution < 1.29 is 38.1 Å². The molecule has 0 saturated carbocycles. The molecule has 1 atom stereocenters. The Balaban J connectivity index is 2.01. The van der Waals surface area contributed by atoms with Crippen LogP contribution in [0.3, 0.4) is 0 Å². The fourth-order valence-corrected chi connectivity index (χ4v) is 5.58. The average Bonchev–Trinajstić information content (AvgIpc) is 3.31. The van der Waals surface area contributed by atoms with Crippen LogP contribution in [0.15, 0.2) is 58.9 Å². The summed E-state index contributed by atoms with van der Waals surface area (Å²) in [4.78, 5) is 63.9. The second-order valence-corrected chi connectivity index (χ2v) is 9.67. The molecule has 2 aromatic carbocycles. The maximum absolute atomic E-state index is 13.6. The highest BCUT2D eigenvalue weighted by Crippen LogP contribution is 2.37. The van der Waals surface area contributed by atoms with Gasteiger partial charge in [0.2, 0.25) is 0 Å². The molecular weight excluding hydrogens is 552 g/mol. The number of thiazole rings is 1. The summed E-state index contributed by atoms with van der Waals surface area (Å²) >= 11 is 0.990. The molecule has 1 aliphatic heterocycles. The van der Waals surface area contributed by atoms with E-state index in [2.05, 4.69) is 0 Å². The Morgan fingerprint density at radius 3 is 1.88 bits per heavy atom. The molecule has 2 heterocycles. The Morgan fingerprint density at radius 2 is 1.37 bits per heavy atom. The molecule has 4 rings (SSSR count). The minimum absolute atomic E-state index is 0.00152. The predicted octanol–water partition coefficient (Wildman–Crippen LogP) is 1.12. The van der Waals surface area contributed by atoms with E-state index in [9.17, 15) is 24.0 Å². The molecule has 41 heavy (non-hydrogen) atoms. The first kappa shape index (κ1) is 29.0. The number of nitrogens with zero attached hydrogens (tertiary/aromatic N) is 1. The van der Waals surface area contributed by atoms with Gasteiger partial charge in [-0.3, -0.25) is 9.36 Å². The van der Waals surface area contributed by atoms with Crippen LogP contribution < -0.4 is 20.5 Å². The van der Waals surface area contributed by atoms with Gasteiger partial charge in [-0.05, 0) is 48.4 Å². The van der Waals surface area contributed by atoms with Crippen LogP contribution in [0.4, 0.5) is 0 Å². The zero-order chi connectivity index (χ0) is 29.8. The molecule has 1 aliphatic rings. The monoisotopic (exact) mass is 578 g/mol. The Labute approximate surface area is 237 Å². The second kappa shape index (κ2) is 12.0. The van der Waals surface area contributed by atoms with Crippen LogP contribution in [0.25, 0.3) is 17.5 Å². The van der Waals surface area contributed by atoms with Crippen LogP contribution in [-0.2, 0) is 28.5 Å². The van der Waals surface area contributed by atoms with Crippen molar-refractivity contribution >= 4 is 52.7 Å². The molecule has 0 saturated heterocycles. The number of ether oxygens (including phenoxy) is 4. The molecule has 0 bridgehead atoms. The van der Waals surface area contributed by atoms with Gasteiger partial charge in [0.15, 0.2) is 0 Å². The maximum atomic E-state index is 13.6. The van der Waals surface area contributed by atoms with Crippen molar-refractivity contribution in [2.75, 3.05) is 27.9 Å². The number of carbonyl (C=O) groups is 4. The summed E-state index contributed by atoms with van der Waals surface area (Å²) in [6, 6.07) is 12.5. The first-order valence-corrected chi connectivity index (χ1v) is 13.1. The fraction of sp³-hybridized carbons (Fsp3) is 0.207. The van der Waals surface area contributed by atoms with Crippen molar-refractivity contribution in [3.63, 3.8) is 0 Å². The van der Waals surface area contributed by atoms with Crippen LogP contribution in [0.1, 0.15) is 44.7 Å². The van der Waals surface area contributed by atoms with Crippen molar-refractivity contribution in [1.29, 1.82) is 0 Å². The number of hydrogen-bond acceptors (Lipinski definition) is 11. The lowest BCUT2D eigenvalue weighted by atomic mass is 9.83. The van der Waals surface area contributed by atoms with E-state index in [0.29, 0.717) is 16.7 Å². The maximum Gasteiger partial charge on any atom is 0.338 e. The molecule has 3 aromatic rings. The predicted molar refractivity (Wildman–Crippen MR) is 149 cm³/mol. The normalized spacial score (nSPS) is 14.8. The lowest BCUT2D eigenvalue weighted by Crippen LogP contribution is -2.41. The van der Waals surface area contributed by atoms with E-state index in [1.165, 1.54) is 33.5 Å². The quantitative estimate of drug-likeness (QED) is 0.319. The van der Waals surface area contributed by atoms with Crippen LogP contribution in [0, 0.1) is 0 Å². The molecule has 0 amide bonds. The molecule has 0 fully saturated rings. The Kier molecular flexibility index (Phi) is 8.53. The summed E-state index contributed by atoms with van der Waals surface area (Å²) in [5.41, 5.74) is 7.39. The van der Waals surface area contributed by atoms with Crippen molar-refractivity contribution in [3.8, 4) is 0 Å². The number of esters is 4. The zero-order valence-electron chi connectivity index (χ0n) is 22.6. The van der Waals surface area contributed by atoms with Crippen LogP contribution in [-0.4, -0.2) is 56.4 Å². The van der Waals surface area contributed by atoms with E-state index in [4.69, 9.17) is 24.7 Å². The highest BCUT2D eigenvalue weighted by atomic mass is 32.1. The third-order valence-electron chi connectivity index (χ3n) is 6.34. The van der Waals surface area contributed by atoms with E-state index in [1.54, 1.807) is 49.4 Å². The van der Waals surface area contributed by atoms with Gasteiger partial charge >= 0.3 is 23.9 Å². The molecule has 0 aliphatic carbocycles. The van der Waals surface area contributed by atoms with E-state index in [1.807, 2.05) is 0 Å². The largest absolute Gasteiger partial charge is 0.466 e. The number of methoxy groups -OCH3 is 3. The summed E-state index contributed by atoms with van der Waals surface area (Å²) in [6.45, 7) is 1.63. The van der Waals surface area contributed by atoms with E-state index >= 15 is 0 Å². The minimum Gasteiger partial charge on any atom is -0.466 e. The van der Waals surface area contributed by atoms with Gasteiger partial charge in [-0.1, -0.05) is 24.3 Å². The first-order valence-electron chi connectivity index (χ1n) is 12.3. The molecule has 1 aromatic heterocycles. The third kappa shape index (κ3) is 5.41. The lowest BCUT2D eigenvalue weighted by molar-refractivity contribution is -0.138. The summed E-state index contributed by atoms with van der Waals surface area (Å²) in [7, 11) is 3.71. The average molecular weight is 579 g/mol. The first-order chi connectivity index (χ1) is 19.7. The smallest absolute Gasteiger partial charge is 0.338 e. The molecule has 0 radical (unpaired) electrons. The summed E-state index contributed by atoms with van der Waals surface area (Å²) in [5.74, 6) is -3.94. The van der Waals surface area contributed by atoms with Crippen molar-refractivity contribution in [3.05, 3.63) is 95.9 Å². The molecule has 0 spiro atoms. The number of benzene rings is 2. The summed E-state index contributed by atoms with van der Waals surface area (Å²) in [6.07, 6.45) is 1.58. The highest BCUT2D eigenvalue weighted by molar-refractivity contribution is 7.07. The van der Waals surface area contributed by atoms with Crippen LogP contribution in [0.2, 0.25) is 0 Å². The minimum atomic E-state index is -1.07. The Bertz CT molecular complexity index is 1750. The van der Waals surface area contributed by atoms with Gasteiger partial charge < -0.3 is 24.7 Å². The number of rotatable bonds is 7. The lowest BCUT2D eigenvalue weighted by Gasteiger charge is -2.26. The number of aromatic nitrogens is 1. The standard InChI is InChI=1S/C29H26N2O9S/c1-5-40-29(36)21-20(16-10-12-18(13-11-16)27(34)38-3)22(28(35)39-4)25-31(23(21)30)24(32)19(41-25)14-15-6-8-17(9-7-15)26(33)37-2/h6-14,20H,5,30H2,1-4H3/b19-14+/t20-/m1/s1. The molecule has 11 nitrogen and oxygen atoms in total. The van der Waals surface area contributed by atoms with Gasteiger partial charge in [-0.25, -0.2) is 19.2 Å². The van der Waals surface area contributed by atoms with Crippen LogP contribution in [0.5, 0.6) is 0 Å². The highest BCUT2D eigenvalue weighted by Gasteiger charge is 2.39. The number of hydrogen-bond donors (Lipinski definition) is 1. The Morgan fingerprint density at radius 1 is 0.829 bits per heavy atom. The SMILES string of the molecule is CCOC(=O)C1=C(N)n2c(s/c(=C/c3ccc(C(=O)OC)cc3)c2=O)=C(C(=O)OC)[C@@H]1c1ccc(C(=O)OC)cc1. The number of nitrogens with two attached hydrogens (primary N) is 1. The molecule has 2 N–H and O–H groups in total. The number of fused-ring (bicyclic) bond motifs is 1. The van der Waals surface area contributed by atoms with Gasteiger partial charge in [0.25, 0.3) is 5.56 Å². The van der Waals surface area contributed by atoms with Crippen molar-refractivity contribution in [2.45, 2.75) is 12.8 Å². The van der Waals surface area contributed by atoms with E-state index in [0.717, 1.165) is 15.9 Å². The number of carbonyl (C=O) groups excluding carboxylic acids is 4. The molecular formula is C29H26N2O9S. The Hall–Kier alpha value is -4.97. The van der Waals surface area contributed by atoms with E-state index < -0.39 is 35.4 Å². The van der Waals surface area contributed by atoms with Gasteiger partial charge in [-0.15, -0.1) is 11.3 Å². The van der Waals surface area contributed by atoms with Gasteiger partial charge in [-0.2, -0.15) is 0 Å². The fourth-order valence-electron chi connectivity index (χ4n) is 4.41. The van der Waals surface area contributed by atoms with Crippen molar-refractivity contribution in [1.82, 2.24) is 4.57 Å². The van der Waals surface area contributed by atoms with Gasteiger partial charge in [0.1, 0.15) is 10.5 Å². The third-order valence-corrected chi connectivity index (χ3v) is 7.45. The molecule has 12 heteroatoms. The van der Waals surface area contributed by atoms with Gasteiger partial charge in [0.05, 0.1) is 60.7 Å². The molecule has 212 valence electrons.